The zero-order valence-corrected chi connectivity index (χ0v) is 10.3. The predicted molar refractivity (Wildman–Crippen MR) is 59.5 cm³/mol. The van der Waals surface area contributed by atoms with Crippen molar-refractivity contribution in [2.45, 2.75) is 13.3 Å². The fourth-order valence-corrected chi connectivity index (χ4v) is 2.20. The highest BCUT2D eigenvalue weighted by Crippen LogP contribution is 2.20. The Kier molecular flexibility index (Phi) is 3.98. The Bertz CT molecular complexity index is 471. The van der Waals surface area contributed by atoms with E-state index in [1.807, 2.05) is 0 Å². The van der Waals surface area contributed by atoms with Gasteiger partial charge in [-0.05, 0) is 36.6 Å². The lowest BCUT2D eigenvalue weighted by Gasteiger charge is -2.05. The topological polar surface area (TPSA) is 34.1 Å². The maximum absolute atomic E-state index is 13.5. The Balaban J connectivity index is 2.95. The van der Waals surface area contributed by atoms with Crippen molar-refractivity contribution >= 4 is 31.3 Å². The predicted octanol–water partition coefficient (Wildman–Crippen LogP) is 2.90. The second-order valence-corrected chi connectivity index (χ2v) is 6.52. The fourth-order valence-electron chi connectivity index (χ4n) is 1.21. The van der Waals surface area contributed by atoms with Crippen LogP contribution in [0.3, 0.4) is 0 Å². The van der Waals surface area contributed by atoms with Crippen molar-refractivity contribution in [2.24, 2.45) is 0 Å². The minimum Gasteiger partial charge on any atom is -0.212 e. The summed E-state index contributed by atoms with van der Waals surface area (Å²) in [6.07, 6.45) is 0.0269. The summed E-state index contributed by atoms with van der Waals surface area (Å²) < 4.78 is 34.9. The molecule has 15 heavy (non-hydrogen) atoms. The van der Waals surface area contributed by atoms with Crippen LogP contribution in [0.2, 0.25) is 5.02 Å². The largest absolute Gasteiger partial charge is 0.232 e. The Labute approximate surface area is 97.4 Å². The first-order valence-electron chi connectivity index (χ1n) is 4.16. The lowest BCUT2D eigenvalue weighted by molar-refractivity contribution is 0.597. The summed E-state index contributed by atoms with van der Waals surface area (Å²) in [5.41, 5.74) is 0.661. The minimum atomic E-state index is -3.60. The summed E-state index contributed by atoms with van der Waals surface area (Å²) in [5.74, 6) is -0.731. The lowest BCUT2D eigenvalue weighted by Crippen LogP contribution is -2.03. The molecule has 0 aliphatic heterocycles. The van der Waals surface area contributed by atoms with Gasteiger partial charge in [-0.1, -0.05) is 11.6 Å². The third-order valence-corrected chi connectivity index (χ3v) is 3.28. The highest BCUT2D eigenvalue weighted by molar-refractivity contribution is 8.13. The molecule has 0 N–H and O–H groups in total. The molecule has 0 heterocycles. The van der Waals surface area contributed by atoms with Crippen LogP contribution in [0.1, 0.15) is 11.1 Å². The Morgan fingerprint density at radius 1 is 1.40 bits per heavy atom. The second kappa shape index (κ2) is 4.68. The van der Waals surface area contributed by atoms with E-state index in [1.54, 1.807) is 6.92 Å². The molecule has 0 aromatic heterocycles. The zero-order chi connectivity index (χ0) is 11.6. The molecule has 0 unspecified atom stereocenters. The molecule has 0 amide bonds. The van der Waals surface area contributed by atoms with E-state index in [4.69, 9.17) is 22.3 Å². The van der Waals surface area contributed by atoms with E-state index >= 15 is 0 Å². The summed E-state index contributed by atoms with van der Waals surface area (Å²) in [5, 5.41) is 0.385. The van der Waals surface area contributed by atoms with Gasteiger partial charge in [0.25, 0.3) is 0 Å². The van der Waals surface area contributed by atoms with Gasteiger partial charge in [0.05, 0.1) is 5.75 Å². The van der Waals surface area contributed by atoms with E-state index in [-0.39, 0.29) is 17.7 Å². The normalized spacial score (nSPS) is 11.7. The van der Waals surface area contributed by atoms with E-state index in [0.29, 0.717) is 10.6 Å². The first kappa shape index (κ1) is 12.7. The molecular formula is C9H9Cl2FO2S. The SMILES string of the molecule is Cc1cc(Cl)cc(CCS(=O)(=O)Cl)c1F. The van der Waals surface area contributed by atoms with Crippen molar-refractivity contribution in [3.63, 3.8) is 0 Å². The van der Waals surface area contributed by atoms with Crippen LogP contribution in [-0.4, -0.2) is 14.2 Å². The number of halogens is 3. The van der Waals surface area contributed by atoms with Gasteiger partial charge < -0.3 is 0 Å². The van der Waals surface area contributed by atoms with Crippen LogP contribution in [0, 0.1) is 12.7 Å². The lowest BCUT2D eigenvalue weighted by atomic mass is 10.1. The number of rotatable bonds is 3. The Morgan fingerprint density at radius 3 is 2.53 bits per heavy atom. The molecule has 0 spiro atoms. The summed E-state index contributed by atoms with van der Waals surface area (Å²) in [7, 11) is 1.43. The standard InChI is InChI=1S/C9H9Cl2FO2S/c1-6-4-8(10)5-7(9(6)12)2-3-15(11,13)14/h4-5H,2-3H2,1H3. The first-order valence-corrected chi connectivity index (χ1v) is 7.02. The monoisotopic (exact) mass is 270 g/mol. The van der Waals surface area contributed by atoms with Gasteiger partial charge in [-0.15, -0.1) is 0 Å². The van der Waals surface area contributed by atoms with Gasteiger partial charge in [0.2, 0.25) is 9.05 Å². The Morgan fingerprint density at radius 2 is 2.00 bits per heavy atom. The van der Waals surface area contributed by atoms with Crippen molar-refractivity contribution in [2.75, 3.05) is 5.75 Å². The van der Waals surface area contributed by atoms with E-state index in [1.165, 1.54) is 12.1 Å². The van der Waals surface area contributed by atoms with Crippen LogP contribution in [0.25, 0.3) is 0 Å². The van der Waals surface area contributed by atoms with Crippen LogP contribution in [0.15, 0.2) is 12.1 Å². The highest BCUT2D eigenvalue weighted by atomic mass is 35.7. The summed E-state index contributed by atoms with van der Waals surface area (Å²) in [4.78, 5) is 0. The highest BCUT2D eigenvalue weighted by Gasteiger charge is 2.11. The molecule has 84 valence electrons. The van der Waals surface area contributed by atoms with E-state index in [0.717, 1.165) is 0 Å². The fraction of sp³-hybridized carbons (Fsp3) is 0.333. The smallest absolute Gasteiger partial charge is 0.212 e. The van der Waals surface area contributed by atoms with Crippen molar-refractivity contribution < 1.29 is 12.8 Å². The molecule has 0 aliphatic rings. The van der Waals surface area contributed by atoms with Crippen molar-refractivity contribution in [3.05, 3.63) is 34.1 Å². The van der Waals surface area contributed by atoms with Crippen molar-refractivity contribution in [1.29, 1.82) is 0 Å². The maximum atomic E-state index is 13.5. The molecule has 0 fully saturated rings. The molecule has 1 rings (SSSR count). The zero-order valence-electron chi connectivity index (χ0n) is 7.93. The number of benzene rings is 1. The van der Waals surface area contributed by atoms with Crippen molar-refractivity contribution in [1.82, 2.24) is 0 Å². The third kappa shape index (κ3) is 3.97. The van der Waals surface area contributed by atoms with Gasteiger partial charge in [0.1, 0.15) is 5.82 Å². The third-order valence-electron chi connectivity index (χ3n) is 1.91. The average molecular weight is 271 g/mol. The van der Waals surface area contributed by atoms with Crippen molar-refractivity contribution in [3.8, 4) is 0 Å². The van der Waals surface area contributed by atoms with E-state index in [2.05, 4.69) is 0 Å². The van der Waals surface area contributed by atoms with Crippen LogP contribution >= 0.6 is 22.3 Å². The van der Waals surface area contributed by atoms with Gasteiger partial charge in [0, 0.05) is 15.7 Å². The first-order chi connectivity index (χ1) is 6.79. The van der Waals surface area contributed by atoms with Crippen LogP contribution in [-0.2, 0) is 15.5 Å². The quantitative estimate of drug-likeness (QED) is 0.792. The molecule has 2 nitrogen and oxygen atoms in total. The summed E-state index contributed by atoms with van der Waals surface area (Å²) in [6.45, 7) is 1.57. The second-order valence-electron chi connectivity index (χ2n) is 3.19. The molecule has 0 atom stereocenters. The molecule has 0 bridgehead atoms. The van der Waals surface area contributed by atoms with E-state index in [9.17, 15) is 12.8 Å². The van der Waals surface area contributed by atoms with Crippen LogP contribution < -0.4 is 0 Å². The summed E-state index contributed by atoms with van der Waals surface area (Å²) >= 11 is 5.72. The van der Waals surface area contributed by atoms with Crippen LogP contribution in [0.4, 0.5) is 4.39 Å². The van der Waals surface area contributed by atoms with Gasteiger partial charge >= 0.3 is 0 Å². The molecule has 0 saturated heterocycles. The molecule has 0 aliphatic carbocycles. The number of aryl methyl sites for hydroxylation is 2. The van der Waals surface area contributed by atoms with E-state index < -0.39 is 14.9 Å². The molecule has 1 aromatic rings. The summed E-state index contributed by atoms with van der Waals surface area (Å²) in [6, 6.07) is 2.89. The number of hydrogen-bond acceptors (Lipinski definition) is 2. The van der Waals surface area contributed by atoms with Gasteiger partial charge in [-0.25, -0.2) is 12.8 Å². The van der Waals surface area contributed by atoms with Crippen LogP contribution in [0.5, 0.6) is 0 Å². The molecule has 0 radical (unpaired) electrons. The molecule has 1 aromatic carbocycles. The van der Waals surface area contributed by atoms with Gasteiger partial charge in [-0.2, -0.15) is 0 Å². The average Bonchev–Trinajstić information content (AvgIpc) is 2.07. The maximum Gasteiger partial charge on any atom is 0.232 e. The van der Waals surface area contributed by atoms with Gasteiger partial charge in [0.15, 0.2) is 0 Å². The number of hydrogen-bond donors (Lipinski definition) is 0. The molecule has 6 heteroatoms. The Hall–Kier alpha value is -0.320. The molecular weight excluding hydrogens is 262 g/mol. The van der Waals surface area contributed by atoms with Gasteiger partial charge in [-0.3, -0.25) is 0 Å². The minimum absolute atomic E-state index is 0.0269. The molecule has 0 saturated carbocycles.